The Balaban J connectivity index is 1.71. The van der Waals surface area contributed by atoms with Crippen LogP contribution in [0.5, 0.6) is 0 Å². The molecule has 0 radical (unpaired) electrons. The second-order valence-corrected chi connectivity index (χ2v) is 5.25. The topological polar surface area (TPSA) is 43.4 Å². The Hall–Kier alpha value is -3.38. The maximum absolute atomic E-state index is 11.6. The zero-order valence-corrected chi connectivity index (χ0v) is 12.0. The first kappa shape index (κ1) is 13.3. The van der Waals surface area contributed by atoms with E-state index in [1.807, 2.05) is 36.4 Å². The summed E-state index contributed by atoms with van der Waals surface area (Å²) in [6.45, 7) is 0. The van der Waals surface area contributed by atoms with Gasteiger partial charge in [-0.15, -0.1) is 0 Å². The van der Waals surface area contributed by atoms with Crippen molar-refractivity contribution in [3.8, 4) is 11.8 Å². The van der Waals surface area contributed by atoms with Crippen LogP contribution in [0.4, 0.5) is 0 Å². The Morgan fingerprint density at radius 1 is 0.652 bits per heavy atom. The van der Waals surface area contributed by atoms with Gasteiger partial charge in [0.1, 0.15) is 0 Å². The van der Waals surface area contributed by atoms with Gasteiger partial charge in [0.25, 0.3) is 0 Å². The number of esters is 2. The number of hydrogen-bond donors (Lipinski definition) is 0. The lowest BCUT2D eigenvalue weighted by molar-refractivity contribution is 0.0444. The molecular weight excluding hydrogens is 288 g/mol. The predicted molar refractivity (Wildman–Crippen MR) is 86.1 cm³/mol. The summed E-state index contributed by atoms with van der Waals surface area (Å²) in [5.41, 5.74) is 2.14. The van der Waals surface area contributed by atoms with Gasteiger partial charge in [-0.25, -0.2) is 9.59 Å². The Bertz CT molecular complexity index is 1040. The van der Waals surface area contributed by atoms with Gasteiger partial charge in [-0.3, -0.25) is 0 Å². The van der Waals surface area contributed by atoms with E-state index in [9.17, 15) is 9.59 Å². The van der Waals surface area contributed by atoms with Crippen LogP contribution in [-0.2, 0) is 4.74 Å². The number of carbonyl (C=O) groups excluding carboxylic acids is 2. The van der Waals surface area contributed by atoms with E-state index in [-0.39, 0.29) is 5.56 Å². The molecule has 23 heavy (non-hydrogen) atoms. The number of cyclic esters (lactones) is 2. The minimum atomic E-state index is -0.612. The monoisotopic (exact) mass is 298 g/mol. The van der Waals surface area contributed by atoms with Crippen LogP contribution in [0, 0.1) is 11.8 Å². The van der Waals surface area contributed by atoms with E-state index in [1.165, 1.54) is 0 Å². The van der Waals surface area contributed by atoms with Crippen LogP contribution in [0.15, 0.2) is 60.7 Å². The molecule has 0 saturated heterocycles. The molecule has 1 heterocycles. The number of ether oxygens (including phenoxy) is 1. The summed E-state index contributed by atoms with van der Waals surface area (Å²) in [6, 6.07) is 19.0. The summed E-state index contributed by atoms with van der Waals surface area (Å²) in [4.78, 5) is 23.0. The zero-order chi connectivity index (χ0) is 15.8. The summed E-state index contributed by atoms with van der Waals surface area (Å²) < 4.78 is 4.57. The molecule has 0 fully saturated rings. The molecule has 1 aliphatic rings. The second-order valence-electron chi connectivity index (χ2n) is 5.25. The van der Waals surface area contributed by atoms with E-state index in [1.54, 1.807) is 18.2 Å². The molecule has 4 rings (SSSR count). The molecule has 0 N–H and O–H groups in total. The third-order valence-corrected chi connectivity index (χ3v) is 3.75. The van der Waals surface area contributed by atoms with Gasteiger partial charge >= 0.3 is 11.9 Å². The molecule has 3 aromatic rings. The van der Waals surface area contributed by atoms with Crippen molar-refractivity contribution < 1.29 is 14.3 Å². The fraction of sp³-hybridized carbons (Fsp3) is 0. The molecule has 1 aliphatic heterocycles. The molecule has 0 unspecified atom stereocenters. The lowest BCUT2D eigenvalue weighted by Gasteiger charge is -1.97. The van der Waals surface area contributed by atoms with Gasteiger partial charge in [-0.05, 0) is 41.1 Å². The highest BCUT2D eigenvalue weighted by molar-refractivity contribution is 6.14. The van der Waals surface area contributed by atoms with Crippen molar-refractivity contribution in [3.05, 3.63) is 82.9 Å². The van der Waals surface area contributed by atoms with Crippen LogP contribution >= 0.6 is 0 Å². The summed E-state index contributed by atoms with van der Waals surface area (Å²) in [5, 5.41) is 2.29. The van der Waals surface area contributed by atoms with E-state index in [0.29, 0.717) is 11.1 Å². The number of benzene rings is 3. The van der Waals surface area contributed by atoms with Crippen LogP contribution in [0.2, 0.25) is 0 Å². The molecule has 3 heteroatoms. The van der Waals surface area contributed by atoms with E-state index in [2.05, 4.69) is 22.6 Å². The highest BCUT2D eigenvalue weighted by Crippen LogP contribution is 2.21. The summed E-state index contributed by atoms with van der Waals surface area (Å²) in [5.74, 6) is 4.90. The van der Waals surface area contributed by atoms with Crippen LogP contribution < -0.4 is 0 Å². The fourth-order valence-electron chi connectivity index (χ4n) is 2.57. The Morgan fingerprint density at radius 2 is 1.30 bits per heavy atom. The van der Waals surface area contributed by atoms with Crippen molar-refractivity contribution in [2.45, 2.75) is 0 Å². The second kappa shape index (κ2) is 5.11. The predicted octanol–water partition coefficient (Wildman–Crippen LogP) is 3.55. The number of hydrogen-bond acceptors (Lipinski definition) is 3. The average Bonchev–Trinajstić information content (AvgIpc) is 2.87. The molecule has 0 spiro atoms. The molecule has 0 aliphatic carbocycles. The van der Waals surface area contributed by atoms with Gasteiger partial charge in [0.15, 0.2) is 0 Å². The first-order valence-electron chi connectivity index (χ1n) is 7.12. The normalized spacial score (nSPS) is 12.5. The number of rotatable bonds is 0. The van der Waals surface area contributed by atoms with Gasteiger partial charge in [0.05, 0.1) is 11.1 Å². The van der Waals surface area contributed by atoms with Crippen LogP contribution in [0.25, 0.3) is 10.8 Å². The lowest BCUT2D eigenvalue weighted by Crippen LogP contribution is -1.96. The van der Waals surface area contributed by atoms with Crippen LogP contribution in [0.3, 0.4) is 0 Å². The van der Waals surface area contributed by atoms with E-state index >= 15 is 0 Å². The van der Waals surface area contributed by atoms with Crippen LogP contribution in [-0.4, -0.2) is 11.9 Å². The minimum Gasteiger partial charge on any atom is -0.386 e. The van der Waals surface area contributed by atoms with Gasteiger partial charge in [-0.2, -0.15) is 0 Å². The largest absolute Gasteiger partial charge is 0.386 e. The Kier molecular flexibility index (Phi) is 2.96. The summed E-state index contributed by atoms with van der Waals surface area (Å²) in [6.07, 6.45) is 0. The highest BCUT2D eigenvalue weighted by Gasteiger charge is 2.29. The molecule has 0 bridgehead atoms. The van der Waals surface area contributed by atoms with Crippen molar-refractivity contribution in [3.63, 3.8) is 0 Å². The van der Waals surface area contributed by atoms with E-state index in [0.717, 1.165) is 16.3 Å². The van der Waals surface area contributed by atoms with Crippen molar-refractivity contribution in [2.75, 3.05) is 0 Å². The molecule has 0 atom stereocenters. The number of carbonyl (C=O) groups is 2. The van der Waals surface area contributed by atoms with E-state index in [4.69, 9.17) is 0 Å². The third-order valence-electron chi connectivity index (χ3n) is 3.75. The zero-order valence-electron chi connectivity index (χ0n) is 12.0. The first-order valence-corrected chi connectivity index (χ1v) is 7.12. The number of fused-ring (bicyclic) bond motifs is 2. The highest BCUT2D eigenvalue weighted by atomic mass is 16.6. The van der Waals surface area contributed by atoms with Crippen molar-refractivity contribution in [1.29, 1.82) is 0 Å². The first-order chi connectivity index (χ1) is 11.2. The van der Waals surface area contributed by atoms with Crippen LogP contribution in [0.1, 0.15) is 31.8 Å². The molecular formula is C20H10O3. The third kappa shape index (κ3) is 2.37. The standard InChI is InChI=1S/C20H10O3/c21-19-17-10-8-14(12-18(17)20(22)23-19)6-5-13-7-9-15-3-1-2-4-16(15)11-13/h1-4,7-12H. The van der Waals surface area contributed by atoms with Gasteiger partial charge in [0.2, 0.25) is 0 Å². The van der Waals surface area contributed by atoms with Crippen molar-refractivity contribution in [2.24, 2.45) is 0 Å². The van der Waals surface area contributed by atoms with Gasteiger partial charge in [0, 0.05) is 11.1 Å². The van der Waals surface area contributed by atoms with Crippen molar-refractivity contribution >= 4 is 22.7 Å². The Labute approximate surface area is 132 Å². The minimum absolute atomic E-state index is 0.278. The van der Waals surface area contributed by atoms with Crippen molar-refractivity contribution in [1.82, 2.24) is 0 Å². The summed E-state index contributed by atoms with van der Waals surface area (Å²) in [7, 11) is 0. The maximum atomic E-state index is 11.6. The molecule has 3 nitrogen and oxygen atoms in total. The fourth-order valence-corrected chi connectivity index (χ4v) is 2.57. The average molecular weight is 298 g/mol. The molecule has 0 saturated carbocycles. The Morgan fingerprint density at radius 3 is 2.13 bits per heavy atom. The molecule has 108 valence electrons. The summed E-state index contributed by atoms with van der Waals surface area (Å²) >= 11 is 0. The SMILES string of the molecule is O=C1OC(=O)c2cc(C#Cc3ccc4ccccc4c3)ccc21. The maximum Gasteiger partial charge on any atom is 0.346 e. The molecule has 0 aromatic heterocycles. The molecule has 3 aromatic carbocycles. The van der Waals surface area contributed by atoms with Gasteiger partial charge in [-0.1, -0.05) is 42.2 Å². The quantitative estimate of drug-likeness (QED) is 0.362. The lowest BCUT2D eigenvalue weighted by atomic mass is 10.0. The van der Waals surface area contributed by atoms with Gasteiger partial charge < -0.3 is 4.74 Å². The smallest absolute Gasteiger partial charge is 0.346 e. The molecule has 0 amide bonds. The van der Waals surface area contributed by atoms with E-state index < -0.39 is 11.9 Å².